The lowest BCUT2D eigenvalue weighted by Gasteiger charge is -2.12. The number of hydrogen-bond donors (Lipinski definition) is 0. The zero-order valence-electron chi connectivity index (χ0n) is 30.2. The first kappa shape index (κ1) is 31.9. The molecule has 5 nitrogen and oxygen atoms in total. The molecule has 0 aliphatic rings. The number of benzene rings is 8. The summed E-state index contributed by atoms with van der Waals surface area (Å²) in [4.78, 5) is 14.9. The van der Waals surface area contributed by atoms with Crippen LogP contribution in [0.15, 0.2) is 199 Å². The monoisotopic (exact) mass is 716 g/mol. The average Bonchev–Trinajstić information content (AvgIpc) is 3.83. The van der Waals surface area contributed by atoms with Gasteiger partial charge in [-0.05, 0) is 58.7 Å². The largest absolute Gasteiger partial charge is 0.454 e. The van der Waals surface area contributed by atoms with Gasteiger partial charge in [-0.25, -0.2) is 15.0 Å². The number of aromatic nitrogens is 4. The summed E-state index contributed by atoms with van der Waals surface area (Å²) in [5, 5.41) is 4.47. The molecule has 0 amide bonds. The standard InChI is InChI=1S/C51H32N4O/c1-5-16-33(17-6-1)38-30-42(34-18-7-2-8-19-34)47-41-24-13-14-26-43(41)55(45(47)31-38)44-27-15-25-40-39-29-28-37(32-46(39)56-48(40)44)51-53-49(35-20-9-3-10-21-35)52-50(54-51)36-22-11-4-12-23-36/h1-32H. The molecular formula is C51H32N4O. The third kappa shape index (κ3) is 5.29. The summed E-state index contributed by atoms with van der Waals surface area (Å²) in [6.07, 6.45) is 0. The van der Waals surface area contributed by atoms with Gasteiger partial charge in [0, 0.05) is 38.2 Å². The van der Waals surface area contributed by atoms with Crippen molar-refractivity contribution >= 4 is 43.7 Å². The Hall–Kier alpha value is -7.63. The quantitative estimate of drug-likeness (QED) is 0.172. The van der Waals surface area contributed by atoms with E-state index in [1.807, 2.05) is 60.7 Å². The predicted octanol–water partition coefficient (Wildman–Crippen LogP) is 13.2. The lowest BCUT2D eigenvalue weighted by atomic mass is 9.94. The predicted molar refractivity (Wildman–Crippen MR) is 229 cm³/mol. The van der Waals surface area contributed by atoms with Crippen LogP contribution in [0.3, 0.4) is 0 Å². The van der Waals surface area contributed by atoms with Crippen molar-refractivity contribution in [1.29, 1.82) is 0 Å². The molecule has 3 aromatic heterocycles. The van der Waals surface area contributed by atoms with Crippen molar-refractivity contribution in [2.75, 3.05) is 0 Å². The fraction of sp³-hybridized carbons (Fsp3) is 0. The summed E-state index contributed by atoms with van der Waals surface area (Å²) in [6.45, 7) is 0. The van der Waals surface area contributed by atoms with Gasteiger partial charge in [0.25, 0.3) is 0 Å². The van der Waals surface area contributed by atoms with Gasteiger partial charge in [0.05, 0.1) is 16.7 Å². The summed E-state index contributed by atoms with van der Waals surface area (Å²) in [5.41, 5.74) is 12.2. The van der Waals surface area contributed by atoms with E-state index in [1.54, 1.807) is 0 Å². The second-order valence-electron chi connectivity index (χ2n) is 14.0. The molecule has 11 rings (SSSR count). The zero-order chi connectivity index (χ0) is 37.0. The van der Waals surface area contributed by atoms with Crippen molar-refractivity contribution in [3.05, 3.63) is 194 Å². The molecule has 56 heavy (non-hydrogen) atoms. The number of rotatable bonds is 6. The minimum Gasteiger partial charge on any atom is -0.454 e. The van der Waals surface area contributed by atoms with Crippen LogP contribution in [0.4, 0.5) is 0 Å². The number of hydrogen-bond acceptors (Lipinski definition) is 4. The molecule has 0 N–H and O–H groups in total. The first-order valence-electron chi connectivity index (χ1n) is 18.8. The van der Waals surface area contributed by atoms with Gasteiger partial charge in [-0.1, -0.05) is 158 Å². The highest BCUT2D eigenvalue weighted by Gasteiger charge is 2.22. The lowest BCUT2D eigenvalue weighted by Crippen LogP contribution is -2.00. The average molecular weight is 717 g/mol. The summed E-state index contributed by atoms with van der Waals surface area (Å²) in [7, 11) is 0. The van der Waals surface area contributed by atoms with Crippen molar-refractivity contribution in [3.63, 3.8) is 0 Å². The molecule has 0 unspecified atom stereocenters. The van der Waals surface area contributed by atoms with Crippen LogP contribution in [0, 0.1) is 0 Å². The molecule has 0 fully saturated rings. The van der Waals surface area contributed by atoms with E-state index in [1.165, 1.54) is 27.5 Å². The van der Waals surface area contributed by atoms with E-state index >= 15 is 0 Å². The van der Waals surface area contributed by atoms with Crippen molar-refractivity contribution in [2.24, 2.45) is 0 Å². The third-order valence-corrected chi connectivity index (χ3v) is 10.6. The van der Waals surface area contributed by atoms with Gasteiger partial charge in [0.1, 0.15) is 5.58 Å². The highest BCUT2D eigenvalue weighted by Crippen LogP contribution is 2.43. The van der Waals surface area contributed by atoms with Crippen LogP contribution in [0.2, 0.25) is 0 Å². The first-order valence-corrected chi connectivity index (χ1v) is 18.8. The Bertz CT molecular complexity index is 3170. The van der Waals surface area contributed by atoms with E-state index in [2.05, 4.69) is 138 Å². The first-order chi connectivity index (χ1) is 27.8. The van der Waals surface area contributed by atoms with Crippen LogP contribution in [0.25, 0.3) is 106 Å². The van der Waals surface area contributed by atoms with Gasteiger partial charge in [0.15, 0.2) is 23.1 Å². The highest BCUT2D eigenvalue weighted by molar-refractivity contribution is 6.18. The molecule has 0 spiro atoms. The summed E-state index contributed by atoms with van der Waals surface area (Å²) in [6, 6.07) is 67.5. The molecule has 0 bridgehead atoms. The molecular weight excluding hydrogens is 685 g/mol. The topological polar surface area (TPSA) is 56.7 Å². The molecule has 0 radical (unpaired) electrons. The molecule has 0 aliphatic heterocycles. The summed E-state index contributed by atoms with van der Waals surface area (Å²) >= 11 is 0. The molecule has 11 aromatic rings. The zero-order valence-corrected chi connectivity index (χ0v) is 30.2. The van der Waals surface area contributed by atoms with Crippen LogP contribution in [0.1, 0.15) is 0 Å². The van der Waals surface area contributed by atoms with E-state index in [0.29, 0.717) is 17.5 Å². The summed E-state index contributed by atoms with van der Waals surface area (Å²) < 4.78 is 9.31. The molecule has 0 saturated heterocycles. The van der Waals surface area contributed by atoms with Gasteiger partial charge in [0.2, 0.25) is 0 Å². The fourth-order valence-corrected chi connectivity index (χ4v) is 8.03. The highest BCUT2D eigenvalue weighted by atomic mass is 16.3. The normalized spacial score (nSPS) is 11.6. The number of para-hydroxylation sites is 2. The van der Waals surface area contributed by atoms with Gasteiger partial charge in [-0.3, -0.25) is 0 Å². The smallest absolute Gasteiger partial charge is 0.164 e. The number of nitrogens with zero attached hydrogens (tertiary/aromatic N) is 4. The Morgan fingerprint density at radius 3 is 1.57 bits per heavy atom. The van der Waals surface area contributed by atoms with Crippen LogP contribution in [-0.2, 0) is 0 Å². The van der Waals surface area contributed by atoms with Crippen LogP contribution < -0.4 is 0 Å². The Kier molecular flexibility index (Phi) is 7.42. The van der Waals surface area contributed by atoms with Crippen LogP contribution >= 0.6 is 0 Å². The number of furan rings is 1. The Labute approximate surface area is 322 Å². The van der Waals surface area contributed by atoms with Crippen molar-refractivity contribution in [3.8, 4) is 62.1 Å². The molecule has 0 saturated carbocycles. The molecule has 0 aliphatic carbocycles. The molecule has 3 heterocycles. The Morgan fingerprint density at radius 1 is 0.357 bits per heavy atom. The van der Waals surface area contributed by atoms with Crippen LogP contribution in [0.5, 0.6) is 0 Å². The SMILES string of the molecule is c1ccc(-c2cc(-c3ccccc3)c3c4ccccc4n(-c4cccc5c4oc4cc(-c6nc(-c7ccccc7)nc(-c7ccccc7)n6)ccc45)c3c2)cc1. The van der Waals surface area contributed by atoms with E-state index in [0.717, 1.165) is 60.9 Å². The third-order valence-electron chi connectivity index (χ3n) is 10.6. The fourth-order valence-electron chi connectivity index (χ4n) is 8.03. The van der Waals surface area contributed by atoms with Gasteiger partial charge in [-0.2, -0.15) is 0 Å². The van der Waals surface area contributed by atoms with Crippen molar-refractivity contribution in [1.82, 2.24) is 19.5 Å². The van der Waals surface area contributed by atoms with Crippen molar-refractivity contribution in [2.45, 2.75) is 0 Å². The maximum atomic E-state index is 6.93. The van der Waals surface area contributed by atoms with Gasteiger partial charge in [-0.15, -0.1) is 0 Å². The minimum absolute atomic E-state index is 0.588. The Balaban J connectivity index is 1.14. The molecule has 5 heteroatoms. The molecule has 262 valence electrons. The van der Waals surface area contributed by atoms with Gasteiger partial charge >= 0.3 is 0 Å². The van der Waals surface area contributed by atoms with E-state index in [-0.39, 0.29) is 0 Å². The maximum Gasteiger partial charge on any atom is 0.164 e. The van der Waals surface area contributed by atoms with E-state index in [4.69, 9.17) is 19.4 Å². The van der Waals surface area contributed by atoms with Crippen molar-refractivity contribution < 1.29 is 4.42 Å². The summed E-state index contributed by atoms with van der Waals surface area (Å²) in [5.74, 6) is 1.83. The minimum atomic E-state index is 0.588. The number of fused-ring (bicyclic) bond motifs is 6. The van der Waals surface area contributed by atoms with E-state index in [9.17, 15) is 0 Å². The lowest BCUT2D eigenvalue weighted by molar-refractivity contribution is 0.666. The van der Waals surface area contributed by atoms with E-state index < -0.39 is 0 Å². The second kappa shape index (κ2) is 13.0. The Morgan fingerprint density at radius 2 is 0.911 bits per heavy atom. The molecule has 0 atom stereocenters. The second-order valence-corrected chi connectivity index (χ2v) is 14.0. The molecule has 8 aromatic carbocycles. The maximum absolute atomic E-state index is 6.93. The van der Waals surface area contributed by atoms with Crippen LogP contribution in [-0.4, -0.2) is 19.5 Å². The van der Waals surface area contributed by atoms with Gasteiger partial charge < -0.3 is 8.98 Å².